The molecule has 2 amide bonds. The van der Waals surface area contributed by atoms with Gasteiger partial charge in [-0.25, -0.2) is 0 Å². The number of halogens is 2. The van der Waals surface area contributed by atoms with Gasteiger partial charge in [-0.3, -0.25) is 9.59 Å². The molecule has 0 radical (unpaired) electrons. The highest BCUT2D eigenvalue weighted by atomic mass is 35.5. The van der Waals surface area contributed by atoms with Crippen LogP contribution in [0.1, 0.15) is 17.5 Å². The van der Waals surface area contributed by atoms with Gasteiger partial charge in [-0.15, -0.1) is 0 Å². The Hall–Kier alpha value is -2.04. The second-order valence-electron chi connectivity index (χ2n) is 6.31. The van der Waals surface area contributed by atoms with E-state index in [1.54, 1.807) is 23.1 Å². The number of hydrogen-bond acceptors (Lipinski definition) is 2. The lowest BCUT2D eigenvalue weighted by Crippen LogP contribution is -2.28. The van der Waals surface area contributed by atoms with Crippen molar-refractivity contribution in [1.82, 2.24) is 0 Å². The van der Waals surface area contributed by atoms with Crippen molar-refractivity contribution >= 4 is 46.4 Å². The van der Waals surface area contributed by atoms with E-state index >= 15 is 0 Å². The first-order valence-corrected chi connectivity index (χ1v) is 8.74. The van der Waals surface area contributed by atoms with Gasteiger partial charge in [0.2, 0.25) is 11.8 Å². The molecule has 1 atom stereocenters. The van der Waals surface area contributed by atoms with Crippen molar-refractivity contribution in [1.29, 1.82) is 0 Å². The minimum Gasteiger partial charge on any atom is -0.326 e. The van der Waals surface area contributed by atoms with Crippen LogP contribution in [0, 0.1) is 19.8 Å². The van der Waals surface area contributed by atoms with Crippen molar-refractivity contribution in [2.45, 2.75) is 20.3 Å². The minimum absolute atomic E-state index is 0.0405. The molecule has 6 heteroatoms. The lowest BCUT2D eigenvalue weighted by atomic mass is 10.1. The molecule has 0 unspecified atom stereocenters. The summed E-state index contributed by atoms with van der Waals surface area (Å²) in [6.07, 6.45) is 0.195. The van der Waals surface area contributed by atoms with Gasteiger partial charge in [-0.1, -0.05) is 40.9 Å². The molecule has 1 saturated heterocycles. The van der Waals surface area contributed by atoms with Crippen molar-refractivity contribution in [2.24, 2.45) is 5.92 Å². The lowest BCUT2D eigenvalue weighted by Gasteiger charge is -2.19. The van der Waals surface area contributed by atoms with E-state index in [1.807, 2.05) is 32.0 Å². The van der Waals surface area contributed by atoms with Crippen molar-refractivity contribution in [3.8, 4) is 0 Å². The number of carbonyl (C=O) groups is 2. The molecule has 1 heterocycles. The van der Waals surface area contributed by atoms with E-state index in [-0.39, 0.29) is 18.2 Å². The van der Waals surface area contributed by atoms with Gasteiger partial charge < -0.3 is 10.2 Å². The predicted octanol–water partition coefficient (Wildman–Crippen LogP) is 4.60. The van der Waals surface area contributed by atoms with Gasteiger partial charge in [0.25, 0.3) is 0 Å². The Balaban J connectivity index is 1.73. The van der Waals surface area contributed by atoms with Crippen LogP contribution in [0.3, 0.4) is 0 Å². The Morgan fingerprint density at radius 3 is 2.56 bits per heavy atom. The summed E-state index contributed by atoms with van der Waals surface area (Å²) < 4.78 is 0. The molecule has 3 rings (SSSR count). The van der Waals surface area contributed by atoms with Gasteiger partial charge in [0.15, 0.2) is 0 Å². The number of nitrogens with zero attached hydrogens (tertiary/aromatic N) is 1. The molecule has 1 aliphatic rings. The topological polar surface area (TPSA) is 49.4 Å². The van der Waals surface area contributed by atoms with Crippen LogP contribution in [-0.4, -0.2) is 18.4 Å². The van der Waals surface area contributed by atoms with E-state index < -0.39 is 5.92 Å². The van der Waals surface area contributed by atoms with E-state index in [4.69, 9.17) is 23.2 Å². The first-order valence-electron chi connectivity index (χ1n) is 7.98. The van der Waals surface area contributed by atoms with Crippen molar-refractivity contribution in [3.05, 3.63) is 57.6 Å². The Bertz CT molecular complexity index is 851. The van der Waals surface area contributed by atoms with Crippen LogP contribution in [0.2, 0.25) is 10.0 Å². The zero-order valence-electron chi connectivity index (χ0n) is 14.0. The number of aryl methyl sites for hydroxylation is 2. The summed E-state index contributed by atoms with van der Waals surface area (Å²) >= 11 is 11.8. The number of carbonyl (C=O) groups excluding carboxylic acids is 2. The highest BCUT2D eigenvalue weighted by molar-refractivity contribution is 6.42. The number of amides is 2. The molecule has 25 heavy (non-hydrogen) atoms. The Morgan fingerprint density at radius 2 is 1.88 bits per heavy atom. The fraction of sp³-hybridized carbons (Fsp3) is 0.263. The number of hydrogen-bond donors (Lipinski definition) is 1. The van der Waals surface area contributed by atoms with Gasteiger partial charge in [0.05, 0.1) is 16.0 Å². The molecule has 0 spiro atoms. The first kappa shape index (κ1) is 17.8. The maximum Gasteiger partial charge on any atom is 0.229 e. The van der Waals surface area contributed by atoms with Crippen molar-refractivity contribution in [3.63, 3.8) is 0 Å². The minimum atomic E-state index is -0.400. The summed E-state index contributed by atoms with van der Waals surface area (Å²) in [5.74, 6) is -0.636. The number of benzene rings is 2. The Kier molecular flexibility index (Phi) is 5.02. The monoisotopic (exact) mass is 376 g/mol. The molecule has 0 aromatic heterocycles. The Labute approximate surface area is 156 Å². The molecule has 1 N–H and O–H groups in total. The van der Waals surface area contributed by atoms with E-state index in [0.717, 1.165) is 16.8 Å². The predicted molar refractivity (Wildman–Crippen MR) is 101 cm³/mol. The van der Waals surface area contributed by atoms with Crippen LogP contribution in [0.25, 0.3) is 0 Å². The zero-order valence-corrected chi connectivity index (χ0v) is 15.5. The largest absolute Gasteiger partial charge is 0.326 e. The SMILES string of the molecule is Cc1ccc(N2C[C@H](C(=O)Nc3ccc(Cl)c(Cl)c3)CC2=O)c(C)c1. The highest BCUT2D eigenvalue weighted by Crippen LogP contribution is 2.30. The summed E-state index contributed by atoms with van der Waals surface area (Å²) in [5.41, 5.74) is 3.60. The average Bonchev–Trinajstić information content (AvgIpc) is 2.93. The number of rotatable bonds is 3. The molecule has 4 nitrogen and oxygen atoms in total. The van der Waals surface area contributed by atoms with E-state index in [2.05, 4.69) is 5.32 Å². The molecule has 2 aromatic rings. The Morgan fingerprint density at radius 1 is 1.12 bits per heavy atom. The summed E-state index contributed by atoms with van der Waals surface area (Å²) in [4.78, 5) is 26.6. The van der Waals surface area contributed by atoms with Gasteiger partial charge >= 0.3 is 0 Å². The lowest BCUT2D eigenvalue weighted by molar-refractivity contribution is -0.122. The van der Waals surface area contributed by atoms with Crippen molar-refractivity contribution in [2.75, 3.05) is 16.8 Å². The second-order valence-corrected chi connectivity index (χ2v) is 7.13. The van der Waals surface area contributed by atoms with Crippen LogP contribution in [0.4, 0.5) is 11.4 Å². The highest BCUT2D eigenvalue weighted by Gasteiger charge is 2.35. The molecule has 0 aliphatic carbocycles. The molecular formula is C19H18Cl2N2O2. The maximum atomic E-state index is 12.5. The normalized spacial score (nSPS) is 17.0. The maximum absolute atomic E-state index is 12.5. The third-order valence-corrected chi connectivity index (χ3v) is 5.07. The fourth-order valence-electron chi connectivity index (χ4n) is 3.04. The van der Waals surface area contributed by atoms with Crippen LogP contribution in [0.15, 0.2) is 36.4 Å². The standard InChI is InChI=1S/C19H18Cl2N2O2/c1-11-3-6-17(12(2)7-11)23-10-13(8-18(23)24)19(25)22-14-4-5-15(20)16(21)9-14/h3-7,9,13H,8,10H2,1-2H3,(H,22,25)/t13-/m1/s1. The molecule has 1 aliphatic heterocycles. The molecule has 0 saturated carbocycles. The molecular weight excluding hydrogens is 359 g/mol. The van der Waals surface area contributed by atoms with Crippen LogP contribution >= 0.6 is 23.2 Å². The average molecular weight is 377 g/mol. The summed E-state index contributed by atoms with van der Waals surface area (Å²) in [6.45, 7) is 4.35. The summed E-state index contributed by atoms with van der Waals surface area (Å²) in [5, 5.41) is 3.61. The number of nitrogens with one attached hydrogen (secondary N) is 1. The zero-order chi connectivity index (χ0) is 18.1. The van der Waals surface area contributed by atoms with Gasteiger partial charge in [0, 0.05) is 24.3 Å². The van der Waals surface area contributed by atoms with Gasteiger partial charge in [0.1, 0.15) is 0 Å². The quantitative estimate of drug-likeness (QED) is 0.850. The summed E-state index contributed by atoms with van der Waals surface area (Å²) in [7, 11) is 0. The third-order valence-electron chi connectivity index (χ3n) is 4.33. The fourth-order valence-corrected chi connectivity index (χ4v) is 3.34. The van der Waals surface area contributed by atoms with Gasteiger partial charge in [-0.2, -0.15) is 0 Å². The van der Waals surface area contributed by atoms with E-state index in [0.29, 0.717) is 22.3 Å². The van der Waals surface area contributed by atoms with Crippen LogP contribution in [0.5, 0.6) is 0 Å². The molecule has 130 valence electrons. The smallest absolute Gasteiger partial charge is 0.229 e. The first-order chi connectivity index (χ1) is 11.8. The molecule has 1 fully saturated rings. The molecule has 0 bridgehead atoms. The summed E-state index contributed by atoms with van der Waals surface area (Å²) in [6, 6.07) is 10.8. The molecule has 2 aromatic carbocycles. The number of anilines is 2. The third kappa shape index (κ3) is 3.80. The van der Waals surface area contributed by atoms with Crippen LogP contribution < -0.4 is 10.2 Å². The van der Waals surface area contributed by atoms with Gasteiger partial charge in [-0.05, 0) is 43.7 Å². The van der Waals surface area contributed by atoms with E-state index in [9.17, 15) is 9.59 Å². The van der Waals surface area contributed by atoms with Crippen molar-refractivity contribution < 1.29 is 9.59 Å². The van der Waals surface area contributed by atoms with Crippen LogP contribution in [-0.2, 0) is 9.59 Å². The second kappa shape index (κ2) is 7.06. The van der Waals surface area contributed by atoms with E-state index in [1.165, 1.54) is 0 Å².